The third-order valence-electron chi connectivity index (χ3n) is 3.02. The summed E-state index contributed by atoms with van der Waals surface area (Å²) < 4.78 is 0. The van der Waals surface area contributed by atoms with Gasteiger partial charge < -0.3 is 5.32 Å². The van der Waals surface area contributed by atoms with Crippen LogP contribution in [0.5, 0.6) is 0 Å². The lowest BCUT2D eigenvalue weighted by Gasteiger charge is -2.07. The topological polar surface area (TPSA) is 55.2 Å². The molecule has 0 unspecified atom stereocenters. The molecule has 0 aliphatic carbocycles. The molecule has 0 amide bonds. The van der Waals surface area contributed by atoms with Crippen molar-refractivity contribution >= 4 is 18.3 Å². The van der Waals surface area contributed by atoms with Crippen molar-refractivity contribution in [3.63, 3.8) is 0 Å². The molecule has 104 valence electrons. The van der Waals surface area contributed by atoms with E-state index >= 15 is 0 Å². The maximum absolute atomic E-state index is 10.7. The monoisotopic (exact) mass is 288 g/mol. The quantitative estimate of drug-likeness (QED) is 0.371. The van der Waals surface area contributed by atoms with Gasteiger partial charge in [0.25, 0.3) is 5.69 Å². The number of nitro benzene ring substituents is 1. The SMILES string of the molecule is O=[N+]([O-])c1ccc(S)c(CNCCc2ccccc2)c1. The third-order valence-corrected chi connectivity index (χ3v) is 3.46. The maximum atomic E-state index is 10.7. The van der Waals surface area contributed by atoms with Crippen LogP contribution < -0.4 is 5.32 Å². The third kappa shape index (κ3) is 4.08. The predicted octanol–water partition coefficient (Wildman–Crippen LogP) is 3.22. The molecular formula is C15H16N2O2S. The first kappa shape index (κ1) is 14.6. The summed E-state index contributed by atoms with van der Waals surface area (Å²) in [6, 6.07) is 14.9. The van der Waals surface area contributed by atoms with E-state index in [4.69, 9.17) is 0 Å². The van der Waals surface area contributed by atoms with Gasteiger partial charge in [0.15, 0.2) is 0 Å². The summed E-state index contributed by atoms with van der Waals surface area (Å²) in [5.41, 5.74) is 2.21. The molecule has 0 spiro atoms. The second-order valence-corrected chi connectivity index (χ2v) is 4.96. The van der Waals surface area contributed by atoms with Crippen molar-refractivity contribution in [1.29, 1.82) is 0 Å². The molecule has 2 aromatic rings. The first-order valence-electron chi connectivity index (χ1n) is 6.38. The molecule has 0 aliphatic heterocycles. The van der Waals surface area contributed by atoms with Crippen LogP contribution in [0.25, 0.3) is 0 Å². The van der Waals surface area contributed by atoms with Crippen molar-refractivity contribution in [1.82, 2.24) is 5.32 Å². The Balaban J connectivity index is 1.88. The van der Waals surface area contributed by atoms with E-state index in [0.717, 1.165) is 23.4 Å². The lowest BCUT2D eigenvalue weighted by molar-refractivity contribution is -0.385. The second-order valence-electron chi connectivity index (χ2n) is 4.48. The summed E-state index contributed by atoms with van der Waals surface area (Å²) in [5.74, 6) is 0. The van der Waals surface area contributed by atoms with E-state index in [1.807, 2.05) is 18.2 Å². The van der Waals surface area contributed by atoms with Crippen LogP contribution in [0.4, 0.5) is 5.69 Å². The fraction of sp³-hybridized carbons (Fsp3) is 0.200. The number of rotatable bonds is 6. The van der Waals surface area contributed by atoms with Crippen LogP contribution in [-0.2, 0) is 13.0 Å². The summed E-state index contributed by atoms with van der Waals surface area (Å²) in [5, 5.41) is 14.0. The zero-order valence-electron chi connectivity index (χ0n) is 11.0. The van der Waals surface area contributed by atoms with Gasteiger partial charge in [-0.25, -0.2) is 0 Å². The van der Waals surface area contributed by atoms with Gasteiger partial charge in [-0.05, 0) is 30.2 Å². The van der Waals surface area contributed by atoms with Gasteiger partial charge in [0.2, 0.25) is 0 Å². The molecule has 0 radical (unpaired) electrons. The Morgan fingerprint density at radius 2 is 1.90 bits per heavy atom. The molecule has 0 aliphatic rings. The van der Waals surface area contributed by atoms with Crippen LogP contribution in [0.3, 0.4) is 0 Å². The van der Waals surface area contributed by atoms with E-state index in [9.17, 15) is 10.1 Å². The molecule has 2 aromatic carbocycles. The van der Waals surface area contributed by atoms with Crippen LogP contribution in [0.1, 0.15) is 11.1 Å². The number of hydrogen-bond acceptors (Lipinski definition) is 4. The van der Waals surface area contributed by atoms with Crippen LogP contribution >= 0.6 is 12.6 Å². The Labute approximate surface area is 123 Å². The molecule has 20 heavy (non-hydrogen) atoms. The summed E-state index contributed by atoms with van der Waals surface area (Å²) in [7, 11) is 0. The largest absolute Gasteiger partial charge is 0.312 e. The Morgan fingerprint density at radius 1 is 1.15 bits per heavy atom. The van der Waals surface area contributed by atoms with Crippen molar-refractivity contribution < 1.29 is 4.92 Å². The van der Waals surface area contributed by atoms with Crippen molar-refractivity contribution in [3.8, 4) is 0 Å². The van der Waals surface area contributed by atoms with Crippen molar-refractivity contribution in [2.75, 3.05) is 6.54 Å². The van der Waals surface area contributed by atoms with Gasteiger partial charge in [0.05, 0.1) is 4.92 Å². The van der Waals surface area contributed by atoms with Gasteiger partial charge in [-0.3, -0.25) is 10.1 Å². The molecule has 5 heteroatoms. The van der Waals surface area contributed by atoms with Gasteiger partial charge in [0, 0.05) is 23.6 Å². The molecule has 0 aromatic heterocycles. The Morgan fingerprint density at radius 3 is 2.60 bits per heavy atom. The zero-order valence-corrected chi connectivity index (χ0v) is 11.8. The molecule has 4 nitrogen and oxygen atoms in total. The van der Waals surface area contributed by atoms with Crippen molar-refractivity contribution in [3.05, 3.63) is 69.8 Å². The second kappa shape index (κ2) is 7.07. The van der Waals surface area contributed by atoms with Gasteiger partial charge in [-0.15, -0.1) is 12.6 Å². The highest BCUT2D eigenvalue weighted by Gasteiger charge is 2.08. The highest BCUT2D eigenvalue weighted by Crippen LogP contribution is 2.20. The normalized spacial score (nSPS) is 10.4. The first-order chi connectivity index (χ1) is 9.66. The Bertz CT molecular complexity index is 588. The van der Waals surface area contributed by atoms with E-state index < -0.39 is 0 Å². The average molecular weight is 288 g/mol. The summed E-state index contributed by atoms with van der Waals surface area (Å²) in [6.07, 6.45) is 0.928. The van der Waals surface area contributed by atoms with Gasteiger partial charge >= 0.3 is 0 Å². The fourth-order valence-electron chi connectivity index (χ4n) is 1.93. The molecule has 0 fully saturated rings. The van der Waals surface area contributed by atoms with Crippen LogP contribution in [0.15, 0.2) is 53.4 Å². The van der Waals surface area contributed by atoms with Gasteiger partial charge in [-0.2, -0.15) is 0 Å². The number of nitrogens with one attached hydrogen (secondary N) is 1. The molecule has 0 heterocycles. The summed E-state index contributed by atoms with van der Waals surface area (Å²) in [6.45, 7) is 1.40. The summed E-state index contributed by atoms with van der Waals surface area (Å²) in [4.78, 5) is 11.1. The highest BCUT2D eigenvalue weighted by molar-refractivity contribution is 7.80. The molecule has 2 rings (SSSR count). The average Bonchev–Trinajstić information content (AvgIpc) is 2.46. The lowest BCUT2D eigenvalue weighted by atomic mass is 10.1. The number of hydrogen-bond donors (Lipinski definition) is 2. The summed E-state index contributed by atoms with van der Waals surface area (Å²) >= 11 is 4.32. The van der Waals surface area contributed by atoms with E-state index in [-0.39, 0.29) is 10.6 Å². The fourth-order valence-corrected chi connectivity index (χ4v) is 2.15. The van der Waals surface area contributed by atoms with Crippen LogP contribution in [0.2, 0.25) is 0 Å². The standard InChI is InChI=1S/C15H16N2O2S/c18-17(19)14-6-7-15(20)13(10-14)11-16-9-8-12-4-2-1-3-5-12/h1-7,10,16,20H,8-9,11H2. The van der Waals surface area contributed by atoms with Crippen molar-refractivity contribution in [2.45, 2.75) is 17.9 Å². The molecule has 1 N–H and O–H groups in total. The lowest BCUT2D eigenvalue weighted by Crippen LogP contribution is -2.17. The first-order valence-corrected chi connectivity index (χ1v) is 6.82. The Hall–Kier alpha value is -1.85. The van der Waals surface area contributed by atoms with E-state index in [1.165, 1.54) is 11.6 Å². The molecule has 0 bridgehead atoms. The number of nitrogens with zero attached hydrogens (tertiary/aromatic N) is 1. The minimum atomic E-state index is -0.388. The minimum absolute atomic E-state index is 0.0997. The number of nitro groups is 1. The predicted molar refractivity (Wildman–Crippen MR) is 82.2 cm³/mol. The molecule has 0 saturated carbocycles. The highest BCUT2D eigenvalue weighted by atomic mass is 32.1. The van der Waals surface area contributed by atoms with Gasteiger partial charge in [0.1, 0.15) is 0 Å². The smallest absolute Gasteiger partial charge is 0.269 e. The number of non-ortho nitro benzene ring substituents is 1. The van der Waals surface area contributed by atoms with E-state index in [2.05, 4.69) is 30.1 Å². The van der Waals surface area contributed by atoms with Gasteiger partial charge in [-0.1, -0.05) is 30.3 Å². The maximum Gasteiger partial charge on any atom is 0.269 e. The van der Waals surface area contributed by atoms with E-state index in [0.29, 0.717) is 6.54 Å². The minimum Gasteiger partial charge on any atom is -0.312 e. The van der Waals surface area contributed by atoms with Crippen LogP contribution in [0, 0.1) is 10.1 Å². The van der Waals surface area contributed by atoms with E-state index in [1.54, 1.807) is 12.1 Å². The number of benzene rings is 2. The number of thiol groups is 1. The van der Waals surface area contributed by atoms with Crippen LogP contribution in [-0.4, -0.2) is 11.5 Å². The molecule has 0 saturated heterocycles. The molecule has 0 atom stereocenters. The Kier molecular flexibility index (Phi) is 5.15. The molecular weight excluding hydrogens is 272 g/mol. The zero-order chi connectivity index (χ0) is 14.4. The van der Waals surface area contributed by atoms with Crippen molar-refractivity contribution in [2.24, 2.45) is 0 Å².